The zero-order chi connectivity index (χ0) is 9.26. The van der Waals surface area contributed by atoms with Crippen LogP contribution in [0.25, 0.3) is 0 Å². The van der Waals surface area contributed by atoms with Crippen molar-refractivity contribution in [3.05, 3.63) is 11.9 Å². The fourth-order valence-corrected chi connectivity index (χ4v) is 1.35. The lowest BCUT2D eigenvalue weighted by Crippen LogP contribution is -2.50. The summed E-state index contributed by atoms with van der Waals surface area (Å²) >= 11 is 0. The van der Waals surface area contributed by atoms with Gasteiger partial charge in [-0.3, -0.25) is 4.79 Å². The lowest BCUT2D eigenvalue weighted by atomic mass is 9.87. The molecule has 1 aromatic rings. The molecule has 2 rings (SSSR count). The molecule has 13 heavy (non-hydrogen) atoms. The minimum absolute atomic E-state index is 0.189. The van der Waals surface area contributed by atoms with Gasteiger partial charge in [-0.2, -0.15) is 15.4 Å². The summed E-state index contributed by atoms with van der Waals surface area (Å²) in [5.41, 5.74) is 5.90. The van der Waals surface area contributed by atoms with Crippen molar-refractivity contribution in [3.8, 4) is 0 Å². The summed E-state index contributed by atoms with van der Waals surface area (Å²) in [7, 11) is 0. The third kappa shape index (κ3) is 1.67. The van der Waals surface area contributed by atoms with Gasteiger partial charge in [-0.05, 0) is 12.8 Å². The first-order chi connectivity index (χ1) is 6.25. The minimum atomic E-state index is -0.189. The quantitative estimate of drug-likeness (QED) is 0.546. The van der Waals surface area contributed by atoms with Crippen molar-refractivity contribution in [2.45, 2.75) is 24.9 Å². The largest absolute Gasteiger partial charge is 0.348 e. The molecule has 6 heteroatoms. The Balaban J connectivity index is 1.86. The van der Waals surface area contributed by atoms with Gasteiger partial charge in [-0.25, -0.2) is 0 Å². The lowest BCUT2D eigenvalue weighted by Gasteiger charge is -2.32. The van der Waals surface area contributed by atoms with Gasteiger partial charge in [0.1, 0.15) is 0 Å². The van der Waals surface area contributed by atoms with Crippen LogP contribution in [0, 0.1) is 0 Å². The van der Waals surface area contributed by atoms with Gasteiger partial charge in [-0.1, -0.05) is 0 Å². The molecule has 0 saturated heterocycles. The minimum Gasteiger partial charge on any atom is -0.348 e. The van der Waals surface area contributed by atoms with E-state index in [9.17, 15) is 4.79 Å². The Bertz CT molecular complexity index is 290. The van der Waals surface area contributed by atoms with Gasteiger partial charge in [0.25, 0.3) is 5.91 Å². The third-order valence-corrected chi connectivity index (χ3v) is 2.16. The summed E-state index contributed by atoms with van der Waals surface area (Å²) < 4.78 is 0. The van der Waals surface area contributed by atoms with E-state index in [1.165, 1.54) is 6.20 Å². The van der Waals surface area contributed by atoms with Crippen LogP contribution < -0.4 is 11.1 Å². The number of hydrogen-bond donors (Lipinski definition) is 3. The number of rotatable bonds is 2. The third-order valence-electron chi connectivity index (χ3n) is 2.16. The van der Waals surface area contributed by atoms with E-state index in [0.29, 0.717) is 5.69 Å². The molecule has 1 amide bonds. The highest BCUT2D eigenvalue weighted by atomic mass is 16.2. The highest BCUT2D eigenvalue weighted by Gasteiger charge is 2.27. The normalized spacial score (nSPS) is 26.5. The first-order valence-corrected chi connectivity index (χ1v) is 4.18. The van der Waals surface area contributed by atoms with Gasteiger partial charge >= 0.3 is 0 Å². The van der Waals surface area contributed by atoms with E-state index in [0.717, 1.165) is 12.8 Å². The molecule has 4 N–H and O–H groups in total. The molecule has 0 aromatic carbocycles. The second-order valence-electron chi connectivity index (χ2n) is 3.26. The molecule has 6 nitrogen and oxygen atoms in total. The number of H-pyrrole nitrogens is 1. The molecule has 0 spiro atoms. The Labute approximate surface area is 74.9 Å². The zero-order valence-electron chi connectivity index (χ0n) is 7.03. The van der Waals surface area contributed by atoms with Crippen LogP contribution in [0.4, 0.5) is 0 Å². The average Bonchev–Trinajstić information content (AvgIpc) is 2.53. The smallest absolute Gasteiger partial charge is 0.273 e. The van der Waals surface area contributed by atoms with Crippen molar-refractivity contribution < 1.29 is 4.79 Å². The summed E-state index contributed by atoms with van der Waals surface area (Å²) in [6, 6.07) is 0.446. The number of nitrogens with zero attached hydrogens (tertiary/aromatic N) is 2. The Morgan fingerprint density at radius 1 is 1.69 bits per heavy atom. The second kappa shape index (κ2) is 3.14. The van der Waals surface area contributed by atoms with Crippen molar-refractivity contribution in [3.63, 3.8) is 0 Å². The summed E-state index contributed by atoms with van der Waals surface area (Å²) in [6.07, 6.45) is 3.10. The van der Waals surface area contributed by atoms with Crippen molar-refractivity contribution in [1.82, 2.24) is 20.7 Å². The van der Waals surface area contributed by atoms with Crippen LogP contribution in [-0.2, 0) is 0 Å². The highest BCUT2D eigenvalue weighted by molar-refractivity contribution is 5.92. The number of hydrogen-bond acceptors (Lipinski definition) is 4. The number of amides is 1. The number of nitrogens with two attached hydrogens (primary N) is 1. The van der Waals surface area contributed by atoms with E-state index in [1.807, 2.05) is 0 Å². The Morgan fingerprint density at radius 3 is 3.00 bits per heavy atom. The Hall–Kier alpha value is -1.43. The van der Waals surface area contributed by atoms with Crippen molar-refractivity contribution in [1.29, 1.82) is 0 Å². The fraction of sp³-hybridized carbons (Fsp3) is 0.571. The van der Waals surface area contributed by atoms with E-state index in [-0.39, 0.29) is 18.0 Å². The van der Waals surface area contributed by atoms with Gasteiger partial charge in [-0.15, -0.1) is 0 Å². The first-order valence-electron chi connectivity index (χ1n) is 4.18. The Kier molecular flexibility index (Phi) is 1.97. The van der Waals surface area contributed by atoms with E-state index >= 15 is 0 Å². The molecular formula is C7H11N5O. The molecule has 1 aliphatic carbocycles. The van der Waals surface area contributed by atoms with E-state index in [4.69, 9.17) is 5.73 Å². The number of carbonyl (C=O) groups excluding carboxylic acids is 1. The first kappa shape index (κ1) is 8.18. The Morgan fingerprint density at radius 2 is 2.46 bits per heavy atom. The zero-order valence-corrected chi connectivity index (χ0v) is 7.03. The van der Waals surface area contributed by atoms with Crippen molar-refractivity contribution >= 4 is 5.91 Å². The number of aromatic nitrogens is 3. The number of aromatic amines is 1. The summed E-state index contributed by atoms with van der Waals surface area (Å²) in [5, 5.41) is 12.4. The molecule has 1 heterocycles. The lowest BCUT2D eigenvalue weighted by molar-refractivity contribution is 0.0905. The van der Waals surface area contributed by atoms with Crippen LogP contribution in [0.2, 0.25) is 0 Å². The van der Waals surface area contributed by atoms with Crippen LogP contribution in [0.5, 0.6) is 0 Å². The maximum Gasteiger partial charge on any atom is 0.273 e. The highest BCUT2D eigenvalue weighted by Crippen LogP contribution is 2.17. The second-order valence-corrected chi connectivity index (χ2v) is 3.26. The van der Waals surface area contributed by atoms with E-state index in [2.05, 4.69) is 20.7 Å². The molecule has 0 atom stereocenters. The molecule has 1 saturated carbocycles. The van der Waals surface area contributed by atoms with Crippen LogP contribution in [0.1, 0.15) is 23.3 Å². The van der Waals surface area contributed by atoms with Gasteiger partial charge in [0, 0.05) is 12.1 Å². The summed E-state index contributed by atoms with van der Waals surface area (Å²) in [4.78, 5) is 11.3. The molecule has 70 valence electrons. The summed E-state index contributed by atoms with van der Waals surface area (Å²) in [5.74, 6) is -0.189. The van der Waals surface area contributed by atoms with Crippen molar-refractivity contribution in [2.75, 3.05) is 0 Å². The van der Waals surface area contributed by atoms with Gasteiger partial charge < -0.3 is 11.1 Å². The predicted molar refractivity (Wildman–Crippen MR) is 44.8 cm³/mol. The maximum atomic E-state index is 11.3. The van der Waals surface area contributed by atoms with Crippen LogP contribution in [-0.4, -0.2) is 33.4 Å². The molecule has 1 aromatic heterocycles. The van der Waals surface area contributed by atoms with Crippen LogP contribution in [0.3, 0.4) is 0 Å². The van der Waals surface area contributed by atoms with Gasteiger partial charge in [0.2, 0.25) is 0 Å². The topological polar surface area (TPSA) is 96.7 Å². The monoisotopic (exact) mass is 181 g/mol. The van der Waals surface area contributed by atoms with Gasteiger partial charge in [0.05, 0.1) is 6.20 Å². The standard InChI is InChI=1S/C7H11N5O/c8-4-1-5(2-4)10-7(13)6-3-9-12-11-6/h3-5H,1-2,8H2,(H,10,13)(H,9,11,12). The molecule has 0 radical (unpaired) electrons. The van der Waals surface area contributed by atoms with Crippen LogP contribution >= 0.6 is 0 Å². The van der Waals surface area contributed by atoms with E-state index in [1.54, 1.807) is 0 Å². The number of carbonyl (C=O) groups is 1. The fourth-order valence-electron chi connectivity index (χ4n) is 1.35. The molecule has 0 bridgehead atoms. The summed E-state index contributed by atoms with van der Waals surface area (Å²) in [6.45, 7) is 0. The predicted octanol–water partition coefficient (Wildman–Crippen LogP) is -0.976. The van der Waals surface area contributed by atoms with Gasteiger partial charge in [0.15, 0.2) is 5.69 Å². The van der Waals surface area contributed by atoms with Crippen LogP contribution in [0.15, 0.2) is 6.20 Å². The molecule has 1 aliphatic rings. The van der Waals surface area contributed by atoms with Crippen molar-refractivity contribution in [2.24, 2.45) is 5.73 Å². The SMILES string of the molecule is NC1CC(NC(=O)c2cn[nH]n2)C1. The van der Waals surface area contributed by atoms with E-state index < -0.39 is 0 Å². The average molecular weight is 181 g/mol. The molecule has 1 fully saturated rings. The molecule has 0 unspecified atom stereocenters. The molecular weight excluding hydrogens is 170 g/mol. The maximum absolute atomic E-state index is 11.3. The number of nitrogens with one attached hydrogen (secondary N) is 2. The molecule has 0 aliphatic heterocycles.